The van der Waals surface area contributed by atoms with Crippen LogP contribution in [0.25, 0.3) is 0 Å². The van der Waals surface area contributed by atoms with Crippen molar-refractivity contribution in [1.82, 2.24) is 4.90 Å². The summed E-state index contributed by atoms with van der Waals surface area (Å²) in [6.07, 6.45) is -9.48. The zero-order valence-electron chi connectivity index (χ0n) is 26.0. The lowest BCUT2D eigenvalue weighted by Crippen LogP contribution is -2.74. The molecule has 2 N–H and O–H groups in total. The minimum atomic E-state index is -5.52. The number of likely N-dealkylation sites (tertiary alicyclic amines) is 1. The number of phenols is 1. The number of aromatic hydroxyl groups is 1. The van der Waals surface area contributed by atoms with Crippen LogP contribution in [0.15, 0.2) is 54.3 Å². The third-order valence-electron chi connectivity index (χ3n) is 9.49. The average molecular weight is 690 g/mol. The molecule has 1 spiro atoms. The number of likely N-dealkylation sites (N-methyl/N-ethyl adjacent to an activating group) is 1. The molecule has 49 heavy (non-hydrogen) atoms. The summed E-state index contributed by atoms with van der Waals surface area (Å²) >= 11 is 0. The third-order valence-corrected chi connectivity index (χ3v) is 9.49. The van der Waals surface area contributed by atoms with Gasteiger partial charge in [0.25, 0.3) is 0 Å². The van der Waals surface area contributed by atoms with Gasteiger partial charge in [-0.3, -0.25) is 9.59 Å². The number of esters is 5. The first-order valence-corrected chi connectivity index (χ1v) is 15.2. The van der Waals surface area contributed by atoms with E-state index in [1.165, 1.54) is 42.5 Å². The number of carbonyl (C=O) groups is 5. The summed E-state index contributed by atoms with van der Waals surface area (Å²) < 4.78 is 64.2. The maximum absolute atomic E-state index is 13.5. The summed E-state index contributed by atoms with van der Waals surface area (Å²) in [5.41, 5.74) is -1.18. The van der Waals surface area contributed by atoms with Gasteiger partial charge in [-0.05, 0) is 44.1 Å². The molecule has 16 heteroatoms. The van der Waals surface area contributed by atoms with Gasteiger partial charge in [0.05, 0.1) is 17.4 Å². The highest BCUT2D eigenvalue weighted by molar-refractivity contribution is 5.92. The number of ether oxygens (including phenoxy) is 5. The molecule has 2 heterocycles. The third kappa shape index (κ3) is 5.67. The lowest BCUT2D eigenvalue weighted by molar-refractivity contribution is -0.206. The molecule has 2 aliphatic carbocycles. The maximum Gasteiger partial charge on any atom is 0.491 e. The molecule has 2 bridgehead atoms. The highest BCUT2D eigenvalue weighted by Gasteiger charge is 2.72. The van der Waals surface area contributed by atoms with E-state index < -0.39 is 71.8 Å². The van der Waals surface area contributed by atoms with Crippen molar-refractivity contribution >= 4 is 29.8 Å². The number of nitrogens with zero attached hydrogens (tertiary/aromatic N) is 1. The Morgan fingerprint density at radius 1 is 1.06 bits per heavy atom. The van der Waals surface area contributed by atoms with E-state index in [2.05, 4.69) is 4.74 Å². The normalized spacial score (nSPS) is 26.2. The van der Waals surface area contributed by atoms with E-state index in [1.54, 1.807) is 6.07 Å². The molecule has 260 valence electrons. The van der Waals surface area contributed by atoms with Crippen LogP contribution in [0, 0.1) is 0 Å². The number of alkyl halides is 3. The molecule has 6 atom stereocenters. The smallest absolute Gasteiger partial charge is 0.491 e. The molecule has 0 radical (unpaired) electrons. The standard InChI is InChI=1S/C33H30F3NO12/c1-16(38)45-21(15-23(40)47-25(17-6-4-3-5-7-17)29(42)49-30(43)33(34,35)36)28(41)46-20-10-11-32(44)22-14-18-8-9-19(39)26-24(18)31(32,27(20)48-26)12-13-37(22)2/h3-10,21-22,25,27,39,44H,11-15H2,1-2H3/t21-,22?,25-,27-,31-,32+/m0/s1. The van der Waals surface area contributed by atoms with Gasteiger partial charge in [0, 0.05) is 30.5 Å². The molecule has 0 aromatic heterocycles. The molecule has 6 rings (SSSR count). The molecule has 1 unspecified atom stereocenters. The number of hydrogen-bond acceptors (Lipinski definition) is 13. The van der Waals surface area contributed by atoms with Gasteiger partial charge in [-0.1, -0.05) is 36.4 Å². The Morgan fingerprint density at radius 2 is 1.78 bits per heavy atom. The zero-order valence-corrected chi connectivity index (χ0v) is 26.0. The summed E-state index contributed by atoms with van der Waals surface area (Å²) in [4.78, 5) is 64.4. The molecular weight excluding hydrogens is 659 g/mol. The summed E-state index contributed by atoms with van der Waals surface area (Å²) in [5, 5.41) is 23.0. The number of piperidine rings is 1. The van der Waals surface area contributed by atoms with Gasteiger partial charge in [-0.15, -0.1) is 0 Å². The number of halogens is 3. The fourth-order valence-electron chi connectivity index (χ4n) is 7.41. The average Bonchev–Trinajstić information content (AvgIpc) is 3.40. The monoisotopic (exact) mass is 689 g/mol. The summed E-state index contributed by atoms with van der Waals surface area (Å²) in [7, 11) is 1.89. The van der Waals surface area contributed by atoms with Gasteiger partial charge in [-0.2, -0.15) is 13.2 Å². The van der Waals surface area contributed by atoms with Crippen LogP contribution < -0.4 is 4.74 Å². The van der Waals surface area contributed by atoms with E-state index in [0.29, 0.717) is 24.9 Å². The minimum Gasteiger partial charge on any atom is -0.504 e. The topological polar surface area (TPSA) is 175 Å². The van der Waals surface area contributed by atoms with Crippen molar-refractivity contribution < 1.29 is 71.0 Å². The fraction of sp³-hybridized carbons (Fsp3) is 0.424. The van der Waals surface area contributed by atoms with Gasteiger partial charge in [0.2, 0.25) is 12.2 Å². The number of carbonyl (C=O) groups excluding carboxylic acids is 5. The second kappa shape index (κ2) is 12.2. The predicted octanol–water partition coefficient (Wildman–Crippen LogP) is 2.45. The van der Waals surface area contributed by atoms with Crippen molar-refractivity contribution in [2.24, 2.45) is 0 Å². The van der Waals surface area contributed by atoms with Crippen LogP contribution >= 0.6 is 0 Å². The molecule has 1 saturated heterocycles. The zero-order chi connectivity index (χ0) is 35.5. The van der Waals surface area contributed by atoms with Crippen LogP contribution in [0.4, 0.5) is 13.2 Å². The van der Waals surface area contributed by atoms with E-state index in [0.717, 1.165) is 12.5 Å². The number of aliphatic hydroxyl groups is 1. The summed E-state index contributed by atoms with van der Waals surface area (Å²) in [5.74, 6) is -8.47. The number of rotatable bonds is 8. The van der Waals surface area contributed by atoms with Crippen LogP contribution in [-0.2, 0) is 54.8 Å². The summed E-state index contributed by atoms with van der Waals surface area (Å²) in [6.45, 7) is 1.49. The van der Waals surface area contributed by atoms with Gasteiger partial charge in [0.15, 0.2) is 17.6 Å². The summed E-state index contributed by atoms with van der Waals surface area (Å²) in [6, 6.07) is 9.59. The minimum absolute atomic E-state index is 0.0246. The van der Waals surface area contributed by atoms with E-state index in [4.69, 9.17) is 18.9 Å². The van der Waals surface area contributed by atoms with Gasteiger partial charge in [-0.25, -0.2) is 14.4 Å². The maximum atomic E-state index is 13.5. The van der Waals surface area contributed by atoms with Crippen molar-refractivity contribution in [3.8, 4) is 11.5 Å². The number of hydrogen-bond donors (Lipinski definition) is 2. The Morgan fingerprint density at radius 3 is 2.45 bits per heavy atom. The molecule has 0 amide bonds. The van der Waals surface area contributed by atoms with Crippen LogP contribution in [0.1, 0.15) is 49.0 Å². The quantitative estimate of drug-likeness (QED) is 0.235. The Labute approximate surface area is 276 Å². The lowest BCUT2D eigenvalue weighted by atomic mass is 9.50. The van der Waals surface area contributed by atoms with Gasteiger partial charge >= 0.3 is 36.0 Å². The second-order valence-corrected chi connectivity index (χ2v) is 12.3. The van der Waals surface area contributed by atoms with Crippen molar-refractivity contribution in [1.29, 1.82) is 0 Å². The highest BCUT2D eigenvalue weighted by Crippen LogP contribution is 2.65. The first-order chi connectivity index (χ1) is 23.1. The van der Waals surface area contributed by atoms with Crippen molar-refractivity contribution in [3.05, 3.63) is 71.0 Å². The van der Waals surface area contributed by atoms with Crippen LogP contribution in [0.2, 0.25) is 0 Å². The molecule has 4 aliphatic rings. The van der Waals surface area contributed by atoms with E-state index in [1.807, 2.05) is 11.9 Å². The Bertz CT molecular complexity index is 1760. The second-order valence-electron chi connectivity index (χ2n) is 12.3. The molecule has 2 aromatic rings. The van der Waals surface area contributed by atoms with Crippen LogP contribution in [0.5, 0.6) is 11.5 Å². The molecule has 0 saturated carbocycles. The highest BCUT2D eigenvalue weighted by atomic mass is 19.4. The largest absolute Gasteiger partial charge is 0.504 e. The van der Waals surface area contributed by atoms with Gasteiger partial charge < -0.3 is 38.8 Å². The Hall–Kier alpha value is -4.96. The lowest BCUT2D eigenvalue weighted by Gasteiger charge is -2.61. The van der Waals surface area contributed by atoms with Crippen molar-refractivity contribution in [3.63, 3.8) is 0 Å². The molecule has 1 fully saturated rings. The van der Waals surface area contributed by atoms with Crippen molar-refractivity contribution in [2.75, 3.05) is 13.6 Å². The molecule has 13 nitrogen and oxygen atoms in total. The van der Waals surface area contributed by atoms with E-state index in [-0.39, 0.29) is 35.3 Å². The predicted molar refractivity (Wildman–Crippen MR) is 155 cm³/mol. The first-order valence-electron chi connectivity index (χ1n) is 15.2. The van der Waals surface area contributed by atoms with Gasteiger partial charge in [0.1, 0.15) is 5.76 Å². The SMILES string of the molecule is CC(=O)O[C@@H](CC(=O)O[C@H](C(=O)OC(=O)C(F)(F)F)c1ccccc1)C(=O)OC1=CC[C@@]2(O)C3Cc4ccc(O)c5c4[C@@]2(CCN3C)[C@H]1O5. The number of benzene rings is 2. The Kier molecular flexibility index (Phi) is 8.43. The first kappa shape index (κ1) is 33.9. The number of phenolic OH excluding ortho intramolecular Hbond substituents is 1. The van der Waals surface area contributed by atoms with Crippen molar-refractivity contribution in [2.45, 2.75) is 74.2 Å². The Balaban J connectivity index is 1.24. The molecule has 2 aromatic carbocycles. The van der Waals surface area contributed by atoms with Crippen LogP contribution in [-0.4, -0.2) is 88.6 Å². The molecular formula is C33H30F3NO12. The van der Waals surface area contributed by atoms with Crippen LogP contribution in [0.3, 0.4) is 0 Å². The van der Waals surface area contributed by atoms with E-state index >= 15 is 0 Å². The molecule has 2 aliphatic heterocycles. The van der Waals surface area contributed by atoms with E-state index in [9.17, 15) is 47.4 Å². The fourth-order valence-corrected chi connectivity index (χ4v) is 7.41.